The van der Waals surface area contributed by atoms with E-state index in [1.54, 1.807) is 0 Å². The van der Waals surface area contributed by atoms with Crippen LogP contribution in [0.25, 0.3) is 0 Å². The normalized spacial score (nSPS) is 14.8. The topological polar surface area (TPSA) is 55.1 Å². The molecule has 1 unspecified atom stereocenters. The molecule has 3 nitrogen and oxygen atoms in total. The number of hydrogen-bond acceptors (Lipinski definition) is 2. The number of nitrogens with one attached hydrogen (secondary N) is 1. The van der Waals surface area contributed by atoms with Crippen LogP contribution < -0.4 is 11.1 Å². The number of rotatable bonds is 3. The van der Waals surface area contributed by atoms with E-state index in [-0.39, 0.29) is 23.4 Å². The summed E-state index contributed by atoms with van der Waals surface area (Å²) in [6.45, 7) is 10.00. The monoisotopic (exact) mass is 172 g/mol. The Morgan fingerprint density at radius 2 is 1.75 bits per heavy atom. The number of carbonyl (C=O) groups excluding carboxylic acids is 1. The Hall–Kier alpha value is -0.570. The van der Waals surface area contributed by atoms with E-state index in [2.05, 4.69) is 5.32 Å². The second kappa shape index (κ2) is 3.90. The van der Waals surface area contributed by atoms with Gasteiger partial charge in [0, 0.05) is 6.04 Å². The van der Waals surface area contributed by atoms with Gasteiger partial charge >= 0.3 is 0 Å². The molecule has 1 amide bonds. The van der Waals surface area contributed by atoms with E-state index in [1.807, 2.05) is 34.6 Å². The molecule has 1 atom stereocenters. The van der Waals surface area contributed by atoms with E-state index in [9.17, 15) is 4.79 Å². The summed E-state index contributed by atoms with van der Waals surface area (Å²) >= 11 is 0. The first kappa shape index (κ1) is 11.4. The van der Waals surface area contributed by atoms with Crippen LogP contribution in [-0.4, -0.2) is 18.0 Å². The highest BCUT2D eigenvalue weighted by Gasteiger charge is 2.29. The van der Waals surface area contributed by atoms with E-state index in [0.717, 1.165) is 0 Å². The third-order valence-electron chi connectivity index (χ3n) is 1.65. The Labute approximate surface area is 74.7 Å². The summed E-state index contributed by atoms with van der Waals surface area (Å²) in [7, 11) is 0. The lowest BCUT2D eigenvalue weighted by atomic mass is 9.86. The number of amides is 1. The molecule has 0 saturated carbocycles. The molecule has 72 valence electrons. The SMILES string of the molecule is CC(C)NC(C(N)=O)C(C)(C)C. The Kier molecular flexibility index (Phi) is 3.71. The average molecular weight is 172 g/mol. The van der Waals surface area contributed by atoms with Crippen molar-refractivity contribution in [1.82, 2.24) is 5.32 Å². The molecule has 3 heteroatoms. The average Bonchev–Trinajstić information content (AvgIpc) is 1.79. The number of hydrogen-bond donors (Lipinski definition) is 2. The fourth-order valence-corrected chi connectivity index (χ4v) is 1.09. The summed E-state index contributed by atoms with van der Waals surface area (Å²) < 4.78 is 0. The van der Waals surface area contributed by atoms with E-state index >= 15 is 0 Å². The van der Waals surface area contributed by atoms with Crippen LogP contribution in [-0.2, 0) is 4.79 Å². The standard InChI is InChI=1S/C9H20N2O/c1-6(2)11-7(8(10)12)9(3,4)5/h6-7,11H,1-5H3,(H2,10,12). The molecule has 12 heavy (non-hydrogen) atoms. The van der Waals surface area contributed by atoms with Crippen LogP contribution in [0.2, 0.25) is 0 Å². The zero-order chi connectivity index (χ0) is 9.94. The first-order valence-electron chi connectivity index (χ1n) is 4.30. The zero-order valence-electron chi connectivity index (χ0n) is 8.64. The minimum absolute atomic E-state index is 0.115. The molecule has 0 aromatic rings. The van der Waals surface area contributed by atoms with Crippen LogP contribution >= 0.6 is 0 Å². The maximum atomic E-state index is 11.0. The molecular weight excluding hydrogens is 152 g/mol. The summed E-state index contributed by atoms with van der Waals surface area (Å²) in [6, 6.07) is 0.0271. The van der Waals surface area contributed by atoms with Crippen molar-refractivity contribution in [3.63, 3.8) is 0 Å². The smallest absolute Gasteiger partial charge is 0.235 e. The molecule has 3 N–H and O–H groups in total. The van der Waals surface area contributed by atoms with Crippen LogP contribution in [0.3, 0.4) is 0 Å². The predicted molar refractivity (Wildman–Crippen MR) is 50.7 cm³/mol. The molecule has 0 rings (SSSR count). The molecule has 0 fully saturated rings. The fraction of sp³-hybridized carbons (Fsp3) is 0.889. The van der Waals surface area contributed by atoms with Crippen LogP contribution in [0.4, 0.5) is 0 Å². The number of nitrogens with two attached hydrogens (primary N) is 1. The summed E-state index contributed by atoms with van der Waals surface area (Å²) in [5.41, 5.74) is 5.15. The van der Waals surface area contributed by atoms with Gasteiger partial charge in [-0.3, -0.25) is 4.79 Å². The quantitative estimate of drug-likeness (QED) is 0.664. The van der Waals surface area contributed by atoms with Crippen LogP contribution in [0, 0.1) is 5.41 Å². The van der Waals surface area contributed by atoms with Crippen molar-refractivity contribution in [2.24, 2.45) is 11.1 Å². The van der Waals surface area contributed by atoms with E-state index < -0.39 is 0 Å². The summed E-state index contributed by atoms with van der Waals surface area (Å²) in [5.74, 6) is -0.281. The molecule has 0 aromatic heterocycles. The van der Waals surface area contributed by atoms with Crippen molar-refractivity contribution >= 4 is 5.91 Å². The van der Waals surface area contributed by atoms with Crippen molar-refractivity contribution in [1.29, 1.82) is 0 Å². The lowest BCUT2D eigenvalue weighted by molar-refractivity contribution is -0.122. The molecule has 0 aliphatic heterocycles. The maximum absolute atomic E-state index is 11.0. The van der Waals surface area contributed by atoms with Gasteiger partial charge in [0.2, 0.25) is 5.91 Å². The third-order valence-corrected chi connectivity index (χ3v) is 1.65. The molecule has 0 spiro atoms. The van der Waals surface area contributed by atoms with Gasteiger partial charge in [-0.1, -0.05) is 34.6 Å². The molecule has 0 radical (unpaired) electrons. The summed E-state index contributed by atoms with van der Waals surface area (Å²) in [6.07, 6.45) is 0. The van der Waals surface area contributed by atoms with Crippen molar-refractivity contribution in [2.45, 2.75) is 46.7 Å². The molecule has 0 aliphatic rings. The second-order valence-electron chi connectivity index (χ2n) is 4.52. The van der Waals surface area contributed by atoms with Gasteiger partial charge in [0.05, 0.1) is 6.04 Å². The van der Waals surface area contributed by atoms with Gasteiger partial charge in [-0.2, -0.15) is 0 Å². The highest BCUT2D eigenvalue weighted by atomic mass is 16.1. The van der Waals surface area contributed by atoms with Crippen LogP contribution in [0.15, 0.2) is 0 Å². The van der Waals surface area contributed by atoms with Gasteiger partial charge in [0.15, 0.2) is 0 Å². The summed E-state index contributed by atoms with van der Waals surface area (Å²) in [4.78, 5) is 11.0. The maximum Gasteiger partial charge on any atom is 0.235 e. The van der Waals surface area contributed by atoms with E-state index in [0.29, 0.717) is 0 Å². The number of carbonyl (C=O) groups is 1. The molecule has 0 bridgehead atoms. The summed E-state index contributed by atoms with van der Waals surface area (Å²) in [5, 5.41) is 3.14. The lowest BCUT2D eigenvalue weighted by Gasteiger charge is -2.30. The van der Waals surface area contributed by atoms with E-state index in [1.165, 1.54) is 0 Å². The second-order valence-corrected chi connectivity index (χ2v) is 4.52. The van der Waals surface area contributed by atoms with E-state index in [4.69, 9.17) is 5.73 Å². The van der Waals surface area contributed by atoms with Gasteiger partial charge in [-0.25, -0.2) is 0 Å². The first-order valence-corrected chi connectivity index (χ1v) is 4.30. The first-order chi connectivity index (χ1) is 5.25. The largest absolute Gasteiger partial charge is 0.368 e. The van der Waals surface area contributed by atoms with Crippen molar-refractivity contribution in [2.75, 3.05) is 0 Å². The Morgan fingerprint density at radius 1 is 1.33 bits per heavy atom. The molecule has 0 heterocycles. The highest BCUT2D eigenvalue weighted by molar-refractivity contribution is 5.80. The molecule has 0 saturated heterocycles. The molecule has 0 aromatic carbocycles. The third kappa shape index (κ3) is 3.72. The minimum Gasteiger partial charge on any atom is -0.368 e. The lowest BCUT2D eigenvalue weighted by Crippen LogP contribution is -2.52. The van der Waals surface area contributed by atoms with Gasteiger partial charge in [0.1, 0.15) is 0 Å². The fourth-order valence-electron chi connectivity index (χ4n) is 1.09. The predicted octanol–water partition coefficient (Wildman–Crippen LogP) is 0.884. The van der Waals surface area contributed by atoms with Crippen LogP contribution in [0.5, 0.6) is 0 Å². The Balaban J connectivity index is 4.35. The zero-order valence-corrected chi connectivity index (χ0v) is 8.64. The van der Waals surface area contributed by atoms with Crippen LogP contribution in [0.1, 0.15) is 34.6 Å². The van der Waals surface area contributed by atoms with Crippen molar-refractivity contribution < 1.29 is 4.79 Å². The number of primary amides is 1. The molecule has 0 aliphatic carbocycles. The van der Waals surface area contributed by atoms with Gasteiger partial charge in [0.25, 0.3) is 0 Å². The Bertz CT molecular complexity index is 158. The minimum atomic E-state index is -0.281. The van der Waals surface area contributed by atoms with Crippen molar-refractivity contribution in [3.8, 4) is 0 Å². The van der Waals surface area contributed by atoms with Gasteiger partial charge in [-0.15, -0.1) is 0 Å². The highest BCUT2D eigenvalue weighted by Crippen LogP contribution is 2.19. The Morgan fingerprint density at radius 3 is 1.83 bits per heavy atom. The van der Waals surface area contributed by atoms with Gasteiger partial charge in [-0.05, 0) is 5.41 Å². The van der Waals surface area contributed by atoms with Gasteiger partial charge < -0.3 is 11.1 Å². The van der Waals surface area contributed by atoms with Crippen molar-refractivity contribution in [3.05, 3.63) is 0 Å². The molecular formula is C9H20N2O.